The maximum Gasteiger partial charge on any atom is 0.162 e. The van der Waals surface area contributed by atoms with Crippen molar-refractivity contribution in [3.05, 3.63) is 57.7 Å². The molecule has 0 spiro atoms. The summed E-state index contributed by atoms with van der Waals surface area (Å²) in [6, 6.07) is 16.3. The topological polar surface area (TPSA) is 20.3 Å². The van der Waals surface area contributed by atoms with E-state index in [1.807, 2.05) is 38.4 Å². The minimum atomic E-state index is 0.228. The van der Waals surface area contributed by atoms with Crippen molar-refractivity contribution in [2.45, 2.75) is 12.8 Å². The average Bonchev–Trinajstić information content (AvgIpc) is 2.48. The van der Waals surface area contributed by atoms with E-state index < -0.39 is 0 Å². The zero-order valence-electron chi connectivity index (χ0n) is 12.5. The summed E-state index contributed by atoms with van der Waals surface area (Å²) in [6.45, 7) is 0.951. The van der Waals surface area contributed by atoms with E-state index in [9.17, 15) is 4.79 Å². The Morgan fingerprint density at radius 1 is 0.952 bits per heavy atom. The van der Waals surface area contributed by atoms with Gasteiger partial charge in [-0.3, -0.25) is 4.79 Å². The molecule has 0 fully saturated rings. The highest BCUT2D eigenvalue weighted by Gasteiger charge is 2.06. The molecule has 0 radical (unpaired) electrons. The van der Waals surface area contributed by atoms with E-state index in [-0.39, 0.29) is 5.78 Å². The van der Waals surface area contributed by atoms with Crippen LogP contribution in [0.2, 0.25) is 0 Å². The number of benzene rings is 2. The summed E-state index contributed by atoms with van der Waals surface area (Å²) in [4.78, 5) is 14.2. The second kappa shape index (κ2) is 7.71. The Bertz CT molecular complexity index is 588. The molecule has 0 N–H and O–H groups in total. The van der Waals surface area contributed by atoms with Crippen LogP contribution in [0.5, 0.6) is 0 Å². The van der Waals surface area contributed by atoms with Crippen molar-refractivity contribution in [1.29, 1.82) is 0 Å². The van der Waals surface area contributed by atoms with Gasteiger partial charge >= 0.3 is 0 Å². The lowest BCUT2D eigenvalue weighted by Crippen LogP contribution is -2.14. The van der Waals surface area contributed by atoms with Gasteiger partial charge in [-0.25, -0.2) is 0 Å². The standard InChI is InChI=1S/C18H20INO/c1-20(2)13-3-4-18(21)16-7-5-14(6-8-16)15-9-11-17(19)12-10-15/h5-12H,3-4,13H2,1-2H3. The lowest BCUT2D eigenvalue weighted by atomic mass is 10.0. The van der Waals surface area contributed by atoms with Crippen molar-refractivity contribution in [2.75, 3.05) is 20.6 Å². The zero-order valence-corrected chi connectivity index (χ0v) is 14.6. The van der Waals surface area contributed by atoms with Crippen LogP contribution in [0.25, 0.3) is 11.1 Å². The molecule has 0 aliphatic carbocycles. The molecule has 0 bridgehead atoms. The molecular weight excluding hydrogens is 373 g/mol. The Morgan fingerprint density at radius 3 is 2.00 bits per heavy atom. The van der Waals surface area contributed by atoms with Crippen LogP contribution in [-0.2, 0) is 0 Å². The number of hydrogen-bond acceptors (Lipinski definition) is 2. The number of carbonyl (C=O) groups is 1. The first kappa shape index (κ1) is 16.2. The molecule has 21 heavy (non-hydrogen) atoms. The smallest absolute Gasteiger partial charge is 0.162 e. The predicted octanol–water partition coefficient (Wildman–Crippen LogP) is 4.48. The molecule has 2 aromatic rings. The number of carbonyl (C=O) groups excluding carboxylic acids is 1. The number of halogens is 1. The molecule has 2 aromatic carbocycles. The summed E-state index contributed by atoms with van der Waals surface area (Å²) in [5.74, 6) is 0.228. The molecule has 0 aliphatic heterocycles. The average molecular weight is 393 g/mol. The third-order valence-corrected chi connectivity index (χ3v) is 4.11. The predicted molar refractivity (Wildman–Crippen MR) is 96.7 cm³/mol. The van der Waals surface area contributed by atoms with Crippen LogP contribution in [0.15, 0.2) is 48.5 Å². The number of nitrogens with zero attached hydrogens (tertiary/aromatic N) is 1. The quantitative estimate of drug-likeness (QED) is 0.533. The Hall–Kier alpha value is -1.20. The molecule has 3 heteroatoms. The molecule has 2 rings (SSSR count). The highest BCUT2D eigenvalue weighted by atomic mass is 127. The summed E-state index contributed by atoms with van der Waals surface area (Å²) in [5, 5.41) is 0. The fourth-order valence-electron chi connectivity index (χ4n) is 2.19. The van der Waals surface area contributed by atoms with E-state index >= 15 is 0 Å². The van der Waals surface area contributed by atoms with E-state index in [0.29, 0.717) is 6.42 Å². The normalized spacial score (nSPS) is 10.9. The van der Waals surface area contributed by atoms with Gasteiger partial charge in [0.05, 0.1) is 0 Å². The van der Waals surface area contributed by atoms with Crippen molar-refractivity contribution in [2.24, 2.45) is 0 Å². The summed E-state index contributed by atoms with van der Waals surface area (Å²) < 4.78 is 1.23. The van der Waals surface area contributed by atoms with Gasteiger partial charge in [-0.05, 0) is 72.9 Å². The molecule has 0 aliphatic rings. The van der Waals surface area contributed by atoms with Crippen LogP contribution >= 0.6 is 22.6 Å². The number of rotatable bonds is 6. The van der Waals surface area contributed by atoms with Gasteiger partial charge in [-0.1, -0.05) is 36.4 Å². The minimum absolute atomic E-state index is 0.228. The van der Waals surface area contributed by atoms with Crippen LogP contribution < -0.4 is 0 Å². The van der Waals surface area contributed by atoms with Gasteiger partial charge in [-0.2, -0.15) is 0 Å². The number of hydrogen-bond donors (Lipinski definition) is 0. The Morgan fingerprint density at radius 2 is 1.48 bits per heavy atom. The van der Waals surface area contributed by atoms with Crippen LogP contribution in [0, 0.1) is 3.57 Å². The molecule has 0 aromatic heterocycles. The molecule has 110 valence electrons. The van der Waals surface area contributed by atoms with Crippen LogP contribution in [-0.4, -0.2) is 31.3 Å². The van der Waals surface area contributed by atoms with Crippen molar-refractivity contribution >= 4 is 28.4 Å². The van der Waals surface area contributed by atoms with E-state index in [4.69, 9.17) is 0 Å². The van der Waals surface area contributed by atoms with Crippen molar-refractivity contribution < 1.29 is 4.79 Å². The van der Waals surface area contributed by atoms with Crippen LogP contribution in [0.4, 0.5) is 0 Å². The summed E-state index contributed by atoms with van der Waals surface area (Å²) in [6.07, 6.45) is 1.52. The van der Waals surface area contributed by atoms with Crippen molar-refractivity contribution in [1.82, 2.24) is 4.90 Å². The van der Waals surface area contributed by atoms with Crippen LogP contribution in [0.3, 0.4) is 0 Å². The largest absolute Gasteiger partial charge is 0.309 e. The Labute approximate surface area is 140 Å². The summed E-state index contributed by atoms with van der Waals surface area (Å²) in [5.41, 5.74) is 3.14. The van der Waals surface area contributed by atoms with Gasteiger partial charge in [0.15, 0.2) is 5.78 Å². The monoisotopic (exact) mass is 393 g/mol. The van der Waals surface area contributed by atoms with Gasteiger partial charge in [0.1, 0.15) is 0 Å². The number of Topliss-reactive ketones (excluding diaryl/α,β-unsaturated/α-hetero) is 1. The molecule has 2 nitrogen and oxygen atoms in total. The molecule has 0 atom stereocenters. The Kier molecular flexibility index (Phi) is 5.94. The maximum absolute atomic E-state index is 12.1. The highest BCUT2D eigenvalue weighted by molar-refractivity contribution is 14.1. The van der Waals surface area contributed by atoms with E-state index in [0.717, 1.165) is 24.1 Å². The second-order valence-corrected chi connectivity index (χ2v) is 6.66. The lowest BCUT2D eigenvalue weighted by molar-refractivity contribution is 0.0977. The molecule has 0 heterocycles. The first-order chi connectivity index (χ1) is 10.1. The van der Waals surface area contributed by atoms with E-state index in [1.54, 1.807) is 0 Å². The van der Waals surface area contributed by atoms with Gasteiger partial charge in [0.2, 0.25) is 0 Å². The fourth-order valence-corrected chi connectivity index (χ4v) is 2.55. The van der Waals surface area contributed by atoms with Gasteiger partial charge in [0, 0.05) is 15.6 Å². The molecule has 0 saturated heterocycles. The van der Waals surface area contributed by atoms with Gasteiger partial charge in [0.25, 0.3) is 0 Å². The minimum Gasteiger partial charge on any atom is -0.309 e. The fraction of sp³-hybridized carbons (Fsp3) is 0.278. The maximum atomic E-state index is 12.1. The molecule has 0 saturated carbocycles. The summed E-state index contributed by atoms with van der Waals surface area (Å²) in [7, 11) is 4.06. The third-order valence-electron chi connectivity index (χ3n) is 3.39. The second-order valence-electron chi connectivity index (χ2n) is 5.41. The third kappa shape index (κ3) is 4.93. The van der Waals surface area contributed by atoms with Gasteiger partial charge in [-0.15, -0.1) is 0 Å². The van der Waals surface area contributed by atoms with E-state index in [1.165, 1.54) is 9.13 Å². The van der Waals surface area contributed by atoms with Crippen molar-refractivity contribution in [3.63, 3.8) is 0 Å². The summed E-state index contributed by atoms with van der Waals surface area (Å²) >= 11 is 2.30. The van der Waals surface area contributed by atoms with E-state index in [2.05, 4.69) is 51.8 Å². The first-order valence-corrected chi connectivity index (χ1v) is 8.18. The number of ketones is 1. The Balaban J connectivity index is 2.01. The molecular formula is C18H20INO. The molecule has 0 amide bonds. The lowest BCUT2D eigenvalue weighted by Gasteiger charge is -2.08. The SMILES string of the molecule is CN(C)CCCC(=O)c1ccc(-c2ccc(I)cc2)cc1. The first-order valence-electron chi connectivity index (χ1n) is 7.10. The molecule has 0 unspecified atom stereocenters. The van der Waals surface area contributed by atoms with Gasteiger partial charge < -0.3 is 4.90 Å². The van der Waals surface area contributed by atoms with Crippen molar-refractivity contribution in [3.8, 4) is 11.1 Å². The zero-order chi connectivity index (χ0) is 15.2. The highest BCUT2D eigenvalue weighted by Crippen LogP contribution is 2.21. The van der Waals surface area contributed by atoms with Crippen LogP contribution in [0.1, 0.15) is 23.2 Å².